The van der Waals surface area contributed by atoms with Crippen molar-refractivity contribution in [2.24, 2.45) is 16.8 Å². The van der Waals surface area contributed by atoms with E-state index < -0.39 is 0 Å². The van der Waals surface area contributed by atoms with Gasteiger partial charge in [-0.25, -0.2) is 0 Å². The van der Waals surface area contributed by atoms with Crippen molar-refractivity contribution >= 4 is 29.9 Å². The van der Waals surface area contributed by atoms with Crippen molar-refractivity contribution in [3.8, 4) is 11.5 Å². The number of hydrogen-bond donors (Lipinski definition) is 1. The Kier molecular flexibility index (Phi) is 5.68. The van der Waals surface area contributed by atoms with Crippen LogP contribution in [0.15, 0.2) is 23.2 Å². The maximum absolute atomic E-state index is 6.08. The van der Waals surface area contributed by atoms with Crippen molar-refractivity contribution in [3.63, 3.8) is 0 Å². The van der Waals surface area contributed by atoms with E-state index in [1.165, 1.54) is 18.4 Å². The molecule has 3 fully saturated rings. The van der Waals surface area contributed by atoms with Gasteiger partial charge in [0.1, 0.15) is 0 Å². The number of fused-ring (bicyclic) bond motifs is 6. The molecule has 4 atom stereocenters. The van der Waals surface area contributed by atoms with E-state index in [0.29, 0.717) is 30.7 Å². The van der Waals surface area contributed by atoms with Gasteiger partial charge in [-0.1, -0.05) is 6.07 Å². The van der Waals surface area contributed by atoms with Gasteiger partial charge < -0.3 is 24.4 Å². The fourth-order valence-corrected chi connectivity index (χ4v) is 4.96. The monoisotopic (exact) mass is 485 g/mol. The first-order valence-electron chi connectivity index (χ1n) is 9.81. The quantitative estimate of drug-likeness (QED) is 0.397. The molecule has 148 valence electrons. The second-order valence-corrected chi connectivity index (χ2v) is 7.76. The van der Waals surface area contributed by atoms with E-state index in [4.69, 9.17) is 14.2 Å². The first kappa shape index (κ1) is 19.1. The van der Waals surface area contributed by atoms with Crippen LogP contribution in [-0.4, -0.2) is 56.4 Å². The van der Waals surface area contributed by atoms with Crippen molar-refractivity contribution in [2.45, 2.75) is 38.0 Å². The zero-order valence-electron chi connectivity index (χ0n) is 15.7. The number of benzene rings is 1. The zero-order chi connectivity index (χ0) is 17.5. The first-order valence-corrected chi connectivity index (χ1v) is 9.81. The number of nitrogens with zero attached hydrogens (tertiary/aromatic N) is 2. The normalized spacial score (nSPS) is 31.3. The Morgan fingerprint density at radius 3 is 2.52 bits per heavy atom. The molecule has 0 aliphatic carbocycles. The number of guanidine groups is 1. The van der Waals surface area contributed by atoms with E-state index in [2.05, 4.69) is 27.3 Å². The summed E-state index contributed by atoms with van der Waals surface area (Å²) in [6.07, 6.45) is 4.37. The number of rotatable bonds is 2. The van der Waals surface area contributed by atoms with Crippen LogP contribution in [0.1, 0.15) is 24.8 Å². The molecule has 6 nitrogen and oxygen atoms in total. The Balaban J connectivity index is 0.00000180. The van der Waals surface area contributed by atoms with Crippen LogP contribution in [0.25, 0.3) is 0 Å². The van der Waals surface area contributed by atoms with Gasteiger partial charge in [0.25, 0.3) is 0 Å². The summed E-state index contributed by atoms with van der Waals surface area (Å²) in [4.78, 5) is 6.93. The van der Waals surface area contributed by atoms with Gasteiger partial charge in [0.15, 0.2) is 17.5 Å². The Labute approximate surface area is 177 Å². The Bertz CT molecular complexity index is 696. The van der Waals surface area contributed by atoms with Gasteiger partial charge in [0, 0.05) is 44.9 Å². The maximum atomic E-state index is 6.08. The van der Waals surface area contributed by atoms with Gasteiger partial charge in [0.05, 0.1) is 25.4 Å². The minimum Gasteiger partial charge on any atom is -0.490 e. The van der Waals surface area contributed by atoms with E-state index in [1.807, 2.05) is 13.1 Å². The largest absolute Gasteiger partial charge is 0.490 e. The van der Waals surface area contributed by atoms with Crippen molar-refractivity contribution < 1.29 is 14.2 Å². The molecule has 0 spiro atoms. The highest BCUT2D eigenvalue weighted by Gasteiger charge is 2.53. The summed E-state index contributed by atoms with van der Waals surface area (Å²) in [5.41, 5.74) is 1.18. The second-order valence-electron chi connectivity index (χ2n) is 7.76. The van der Waals surface area contributed by atoms with E-state index in [1.54, 1.807) is 0 Å². The molecule has 5 rings (SSSR count). The number of halogens is 1. The third-order valence-corrected chi connectivity index (χ3v) is 6.23. The van der Waals surface area contributed by atoms with E-state index >= 15 is 0 Å². The molecular formula is C20H28IN3O3. The molecule has 4 heterocycles. The lowest BCUT2D eigenvalue weighted by atomic mass is 9.82. The molecule has 1 aromatic rings. The maximum Gasteiger partial charge on any atom is 0.193 e. The Morgan fingerprint density at radius 2 is 1.81 bits per heavy atom. The number of hydrogen-bond acceptors (Lipinski definition) is 4. The van der Waals surface area contributed by atoms with Crippen molar-refractivity contribution in [1.29, 1.82) is 0 Å². The topological polar surface area (TPSA) is 55.3 Å². The summed E-state index contributed by atoms with van der Waals surface area (Å²) >= 11 is 0. The molecule has 0 amide bonds. The van der Waals surface area contributed by atoms with Crippen molar-refractivity contribution in [3.05, 3.63) is 23.8 Å². The SMILES string of the molecule is CN=C(NCc1ccc2c(c1)OCCCO2)N1CC2C3CCC(O3)C2C1.I. The predicted molar refractivity (Wildman–Crippen MR) is 114 cm³/mol. The number of likely N-dealkylation sites (tertiary alicyclic amines) is 1. The highest BCUT2D eigenvalue weighted by molar-refractivity contribution is 14.0. The summed E-state index contributed by atoms with van der Waals surface area (Å²) in [7, 11) is 1.87. The minimum absolute atomic E-state index is 0. The number of ether oxygens (including phenoxy) is 3. The van der Waals surface area contributed by atoms with Gasteiger partial charge in [-0.2, -0.15) is 0 Å². The number of aliphatic imine (C=N–C) groups is 1. The van der Waals surface area contributed by atoms with Crippen LogP contribution in [0.4, 0.5) is 0 Å². The van der Waals surface area contributed by atoms with Gasteiger partial charge in [-0.05, 0) is 30.5 Å². The lowest BCUT2D eigenvalue weighted by Crippen LogP contribution is -2.40. The fraction of sp³-hybridized carbons (Fsp3) is 0.650. The molecule has 4 aliphatic heterocycles. The lowest BCUT2D eigenvalue weighted by Gasteiger charge is -2.23. The average Bonchev–Trinajstić information content (AvgIpc) is 3.32. The highest BCUT2D eigenvalue weighted by atomic mass is 127. The van der Waals surface area contributed by atoms with Crippen LogP contribution < -0.4 is 14.8 Å². The fourth-order valence-electron chi connectivity index (χ4n) is 4.96. The number of nitrogens with one attached hydrogen (secondary N) is 1. The van der Waals surface area contributed by atoms with Crippen LogP contribution >= 0.6 is 24.0 Å². The van der Waals surface area contributed by atoms with Gasteiger partial charge in [0.2, 0.25) is 0 Å². The standard InChI is InChI=1S/C20H27N3O3.HI/c1-21-20(23-11-14-15(12-23)17-6-5-16(14)26-17)22-10-13-3-4-18-19(9-13)25-8-2-7-24-18;/h3-4,9,14-17H,2,5-8,10-12H2,1H3,(H,21,22);1H. The third kappa shape index (κ3) is 3.60. The van der Waals surface area contributed by atoms with Gasteiger partial charge in [-0.15, -0.1) is 24.0 Å². The summed E-state index contributed by atoms with van der Waals surface area (Å²) in [5.74, 6) is 4.06. The predicted octanol–water partition coefficient (Wildman–Crippen LogP) is 2.65. The van der Waals surface area contributed by atoms with Gasteiger partial charge in [-0.3, -0.25) is 4.99 Å². The van der Waals surface area contributed by atoms with E-state index in [9.17, 15) is 0 Å². The molecule has 2 bridgehead atoms. The van der Waals surface area contributed by atoms with Crippen LogP contribution in [-0.2, 0) is 11.3 Å². The molecular weight excluding hydrogens is 457 g/mol. The van der Waals surface area contributed by atoms with Crippen LogP contribution in [0.3, 0.4) is 0 Å². The smallest absolute Gasteiger partial charge is 0.193 e. The molecule has 1 aromatic carbocycles. The Hall–Kier alpha value is -1.22. The van der Waals surface area contributed by atoms with Crippen molar-refractivity contribution in [2.75, 3.05) is 33.4 Å². The van der Waals surface area contributed by atoms with Crippen molar-refractivity contribution in [1.82, 2.24) is 10.2 Å². The first-order chi connectivity index (χ1) is 12.8. The summed E-state index contributed by atoms with van der Waals surface area (Å²) in [5, 5.41) is 3.53. The molecule has 0 saturated carbocycles. The van der Waals surface area contributed by atoms with Crippen LogP contribution in [0.2, 0.25) is 0 Å². The molecule has 4 unspecified atom stereocenters. The summed E-state index contributed by atoms with van der Waals surface area (Å²) < 4.78 is 17.6. The minimum atomic E-state index is 0. The zero-order valence-corrected chi connectivity index (χ0v) is 18.1. The van der Waals surface area contributed by atoms with Crippen LogP contribution in [0.5, 0.6) is 11.5 Å². The molecule has 1 N–H and O–H groups in total. The van der Waals surface area contributed by atoms with Gasteiger partial charge >= 0.3 is 0 Å². The molecule has 0 aromatic heterocycles. The molecule has 4 aliphatic rings. The Morgan fingerprint density at radius 1 is 1.11 bits per heavy atom. The molecule has 27 heavy (non-hydrogen) atoms. The highest BCUT2D eigenvalue weighted by Crippen LogP contribution is 2.47. The average molecular weight is 485 g/mol. The third-order valence-electron chi connectivity index (χ3n) is 6.23. The summed E-state index contributed by atoms with van der Waals surface area (Å²) in [6, 6.07) is 6.18. The second kappa shape index (κ2) is 8.03. The van der Waals surface area contributed by atoms with E-state index in [0.717, 1.165) is 50.1 Å². The van der Waals surface area contributed by atoms with Crippen LogP contribution in [0, 0.1) is 11.8 Å². The van der Waals surface area contributed by atoms with E-state index in [-0.39, 0.29) is 24.0 Å². The molecule has 3 saturated heterocycles. The molecule has 0 radical (unpaired) electrons. The molecule has 7 heteroatoms. The lowest BCUT2D eigenvalue weighted by molar-refractivity contribution is 0.0767. The summed E-state index contributed by atoms with van der Waals surface area (Å²) in [6.45, 7) is 4.30.